The first-order valence-corrected chi connectivity index (χ1v) is 6.44. The molecule has 0 radical (unpaired) electrons. The number of carboxylic acids is 1. The number of H-pyrrole nitrogens is 1. The van der Waals surface area contributed by atoms with E-state index in [1.807, 2.05) is 32.9 Å². The Bertz CT molecular complexity index is 663. The van der Waals surface area contributed by atoms with Crippen LogP contribution in [0.15, 0.2) is 24.3 Å². The molecule has 19 heavy (non-hydrogen) atoms. The van der Waals surface area contributed by atoms with Gasteiger partial charge in [-0.05, 0) is 30.9 Å². The molecule has 3 nitrogen and oxygen atoms in total. The molecule has 0 aliphatic heterocycles. The van der Waals surface area contributed by atoms with Crippen LogP contribution in [0.1, 0.15) is 30.7 Å². The zero-order valence-corrected chi connectivity index (χ0v) is 11.7. The summed E-state index contributed by atoms with van der Waals surface area (Å²) in [6.45, 7) is 8.08. The van der Waals surface area contributed by atoms with Crippen molar-refractivity contribution in [1.29, 1.82) is 0 Å². The predicted molar refractivity (Wildman–Crippen MR) is 78.2 cm³/mol. The average molecular weight is 257 g/mol. The number of aromatic amines is 1. The lowest BCUT2D eigenvalue weighted by Crippen LogP contribution is -1.99. The molecule has 1 heterocycles. The molecule has 1 aromatic carbocycles. The van der Waals surface area contributed by atoms with E-state index < -0.39 is 5.97 Å². The lowest BCUT2D eigenvalue weighted by Gasteiger charge is -2.11. The fraction of sp³-hybridized carbons (Fsp3) is 0.312. The normalized spacial score (nSPS) is 12.4. The summed E-state index contributed by atoms with van der Waals surface area (Å²) in [6, 6.07) is 6.10. The number of para-hydroxylation sites is 1. The van der Waals surface area contributed by atoms with E-state index >= 15 is 0 Å². The van der Waals surface area contributed by atoms with E-state index in [0.29, 0.717) is 0 Å². The third kappa shape index (κ3) is 2.41. The standard InChI is InChI=1S/C16H19NO2/c1-9(2)13(8-14(18)19)15-11(4)17-16-10(3)6-5-7-12(15)16/h5-9,17H,1-4H3,(H,18,19)/b13-8+. The summed E-state index contributed by atoms with van der Waals surface area (Å²) in [5.74, 6) is -0.737. The maximum Gasteiger partial charge on any atom is 0.328 e. The number of aliphatic carboxylic acids is 1. The van der Waals surface area contributed by atoms with Crippen LogP contribution in [-0.4, -0.2) is 16.1 Å². The molecule has 0 unspecified atom stereocenters. The van der Waals surface area contributed by atoms with Gasteiger partial charge in [0.1, 0.15) is 0 Å². The summed E-state index contributed by atoms with van der Waals surface area (Å²) < 4.78 is 0. The minimum absolute atomic E-state index is 0.161. The van der Waals surface area contributed by atoms with Gasteiger partial charge in [-0.25, -0.2) is 4.79 Å². The van der Waals surface area contributed by atoms with Crippen LogP contribution in [0.5, 0.6) is 0 Å². The van der Waals surface area contributed by atoms with Gasteiger partial charge in [-0.2, -0.15) is 0 Å². The van der Waals surface area contributed by atoms with Crippen LogP contribution in [-0.2, 0) is 4.79 Å². The van der Waals surface area contributed by atoms with Gasteiger partial charge in [0, 0.05) is 28.2 Å². The Labute approximate surface area is 113 Å². The van der Waals surface area contributed by atoms with Crippen LogP contribution in [0, 0.1) is 19.8 Å². The second-order valence-electron chi connectivity index (χ2n) is 5.22. The maximum atomic E-state index is 11.0. The van der Waals surface area contributed by atoms with Crippen molar-refractivity contribution in [1.82, 2.24) is 4.98 Å². The molecule has 0 spiro atoms. The number of carbonyl (C=O) groups is 1. The number of benzene rings is 1. The molecule has 0 atom stereocenters. The topological polar surface area (TPSA) is 53.1 Å². The molecule has 0 bridgehead atoms. The van der Waals surface area contributed by atoms with E-state index in [2.05, 4.69) is 18.0 Å². The number of hydrogen-bond donors (Lipinski definition) is 2. The molecule has 0 amide bonds. The van der Waals surface area contributed by atoms with Gasteiger partial charge in [0.25, 0.3) is 0 Å². The Morgan fingerprint density at radius 1 is 1.32 bits per heavy atom. The smallest absolute Gasteiger partial charge is 0.328 e. The van der Waals surface area contributed by atoms with E-state index in [4.69, 9.17) is 5.11 Å². The molecular formula is C16H19NO2. The SMILES string of the molecule is Cc1[nH]c2c(C)cccc2c1/C(=C/C(=O)O)C(C)C. The molecule has 0 aliphatic rings. The third-order valence-electron chi connectivity index (χ3n) is 3.42. The van der Waals surface area contributed by atoms with Crippen molar-refractivity contribution in [3.05, 3.63) is 41.1 Å². The summed E-state index contributed by atoms with van der Waals surface area (Å²) in [5.41, 5.74) is 5.17. The molecule has 2 aromatic rings. The Morgan fingerprint density at radius 3 is 2.58 bits per heavy atom. The van der Waals surface area contributed by atoms with Crippen molar-refractivity contribution in [3.8, 4) is 0 Å². The quantitative estimate of drug-likeness (QED) is 0.819. The van der Waals surface area contributed by atoms with E-state index in [9.17, 15) is 4.79 Å². The first-order valence-electron chi connectivity index (χ1n) is 6.44. The van der Waals surface area contributed by atoms with Gasteiger partial charge in [0.2, 0.25) is 0 Å². The highest BCUT2D eigenvalue weighted by atomic mass is 16.4. The molecular weight excluding hydrogens is 238 g/mol. The average Bonchev–Trinajstić information content (AvgIpc) is 2.64. The highest BCUT2D eigenvalue weighted by Gasteiger charge is 2.17. The van der Waals surface area contributed by atoms with Gasteiger partial charge in [-0.3, -0.25) is 0 Å². The molecule has 0 fully saturated rings. The minimum Gasteiger partial charge on any atom is -0.478 e. The van der Waals surface area contributed by atoms with Crippen molar-refractivity contribution < 1.29 is 9.90 Å². The fourth-order valence-corrected chi connectivity index (χ4v) is 2.53. The number of aromatic nitrogens is 1. The second-order valence-corrected chi connectivity index (χ2v) is 5.22. The lowest BCUT2D eigenvalue weighted by atomic mass is 9.92. The Kier molecular flexibility index (Phi) is 3.47. The van der Waals surface area contributed by atoms with Crippen LogP contribution in [0.2, 0.25) is 0 Å². The molecule has 0 saturated carbocycles. The molecule has 2 rings (SSSR count). The highest BCUT2D eigenvalue weighted by molar-refractivity contribution is 6.00. The van der Waals surface area contributed by atoms with E-state index in [-0.39, 0.29) is 5.92 Å². The van der Waals surface area contributed by atoms with Crippen LogP contribution in [0.3, 0.4) is 0 Å². The third-order valence-corrected chi connectivity index (χ3v) is 3.42. The maximum absolute atomic E-state index is 11.0. The summed E-state index contributed by atoms with van der Waals surface area (Å²) >= 11 is 0. The van der Waals surface area contributed by atoms with Crippen LogP contribution in [0.4, 0.5) is 0 Å². The predicted octanol–water partition coefficient (Wildman–Crippen LogP) is 3.91. The lowest BCUT2D eigenvalue weighted by molar-refractivity contribution is -0.131. The van der Waals surface area contributed by atoms with Gasteiger partial charge < -0.3 is 10.1 Å². The van der Waals surface area contributed by atoms with Crippen molar-refractivity contribution >= 4 is 22.4 Å². The first-order chi connectivity index (χ1) is 8.91. The van der Waals surface area contributed by atoms with Crippen LogP contribution >= 0.6 is 0 Å². The first kappa shape index (κ1) is 13.4. The number of allylic oxidation sites excluding steroid dienone is 1. The summed E-state index contributed by atoms with van der Waals surface area (Å²) in [6.07, 6.45) is 1.32. The molecule has 0 aliphatic carbocycles. The van der Waals surface area contributed by atoms with E-state index in [1.165, 1.54) is 11.6 Å². The van der Waals surface area contributed by atoms with Gasteiger partial charge in [-0.1, -0.05) is 32.0 Å². The largest absolute Gasteiger partial charge is 0.478 e. The van der Waals surface area contributed by atoms with Gasteiger partial charge in [-0.15, -0.1) is 0 Å². The number of fused-ring (bicyclic) bond motifs is 1. The summed E-state index contributed by atoms with van der Waals surface area (Å²) in [5, 5.41) is 10.2. The highest BCUT2D eigenvalue weighted by Crippen LogP contribution is 2.33. The molecule has 100 valence electrons. The van der Waals surface area contributed by atoms with Crippen LogP contribution < -0.4 is 0 Å². The van der Waals surface area contributed by atoms with E-state index in [0.717, 1.165) is 27.7 Å². The number of hydrogen-bond acceptors (Lipinski definition) is 1. The molecule has 0 saturated heterocycles. The molecule has 1 aromatic heterocycles. The number of carboxylic acid groups (broad SMARTS) is 1. The minimum atomic E-state index is -0.898. The monoisotopic (exact) mass is 257 g/mol. The van der Waals surface area contributed by atoms with Crippen LogP contribution in [0.25, 0.3) is 16.5 Å². The molecule has 3 heteroatoms. The second kappa shape index (κ2) is 4.92. The van der Waals surface area contributed by atoms with Crippen molar-refractivity contribution in [3.63, 3.8) is 0 Å². The summed E-state index contributed by atoms with van der Waals surface area (Å²) in [7, 11) is 0. The van der Waals surface area contributed by atoms with Crippen molar-refractivity contribution in [2.45, 2.75) is 27.7 Å². The van der Waals surface area contributed by atoms with E-state index in [1.54, 1.807) is 0 Å². The Hall–Kier alpha value is -2.03. The number of aryl methyl sites for hydroxylation is 2. The van der Waals surface area contributed by atoms with Crippen molar-refractivity contribution in [2.75, 3.05) is 0 Å². The van der Waals surface area contributed by atoms with Gasteiger partial charge >= 0.3 is 5.97 Å². The zero-order valence-electron chi connectivity index (χ0n) is 11.7. The Morgan fingerprint density at radius 2 is 2.00 bits per heavy atom. The van der Waals surface area contributed by atoms with Gasteiger partial charge in [0.05, 0.1) is 0 Å². The zero-order chi connectivity index (χ0) is 14.2. The van der Waals surface area contributed by atoms with Gasteiger partial charge in [0.15, 0.2) is 0 Å². The Balaban J connectivity index is 2.77. The fourth-order valence-electron chi connectivity index (χ4n) is 2.53. The summed E-state index contributed by atoms with van der Waals surface area (Å²) in [4.78, 5) is 14.4. The molecule has 2 N–H and O–H groups in total. The van der Waals surface area contributed by atoms with Crippen molar-refractivity contribution in [2.24, 2.45) is 5.92 Å². The number of nitrogens with one attached hydrogen (secondary N) is 1. The number of rotatable bonds is 3.